The van der Waals surface area contributed by atoms with E-state index in [1.165, 1.54) is 17.2 Å². The van der Waals surface area contributed by atoms with Crippen molar-refractivity contribution >= 4 is 27.3 Å². The molecule has 1 saturated carbocycles. The van der Waals surface area contributed by atoms with E-state index in [-0.39, 0.29) is 10.2 Å². The number of halogens is 1. The van der Waals surface area contributed by atoms with Gasteiger partial charge in [0, 0.05) is 12.7 Å². The molecule has 1 fully saturated rings. The lowest BCUT2D eigenvalue weighted by molar-refractivity contribution is 0.518. The molecular weight excluding hydrogens is 298 g/mol. The molecule has 0 atom stereocenters. The predicted octanol–water partition coefficient (Wildman–Crippen LogP) is 2.46. The molecule has 0 saturated heterocycles. The van der Waals surface area contributed by atoms with E-state index in [9.17, 15) is 8.42 Å². The van der Waals surface area contributed by atoms with Gasteiger partial charge in [0.2, 0.25) is 0 Å². The zero-order chi connectivity index (χ0) is 14.2. The summed E-state index contributed by atoms with van der Waals surface area (Å²) in [6.07, 6.45) is 6.19. The Bertz CT molecular complexity index is 720. The Morgan fingerprint density at radius 3 is 2.85 bits per heavy atom. The number of nitrogens with one attached hydrogen (secondary N) is 1. The van der Waals surface area contributed by atoms with Crippen LogP contribution in [0.1, 0.15) is 25.7 Å². The van der Waals surface area contributed by atoms with Crippen LogP contribution in [-0.2, 0) is 10.0 Å². The van der Waals surface area contributed by atoms with Crippen molar-refractivity contribution in [2.24, 2.45) is 5.92 Å². The first kappa shape index (κ1) is 13.9. The van der Waals surface area contributed by atoms with Crippen LogP contribution < -0.4 is 4.72 Å². The first-order chi connectivity index (χ1) is 9.58. The van der Waals surface area contributed by atoms with Crippen LogP contribution in [0.4, 0.5) is 0 Å². The van der Waals surface area contributed by atoms with Gasteiger partial charge < -0.3 is 0 Å². The summed E-state index contributed by atoms with van der Waals surface area (Å²) in [6.45, 7) is 0.471. The van der Waals surface area contributed by atoms with Crippen molar-refractivity contribution in [2.45, 2.75) is 30.7 Å². The molecule has 0 spiro atoms. The molecule has 2 aromatic rings. The molecule has 5 nitrogen and oxygen atoms in total. The molecule has 1 N–H and O–H groups in total. The first-order valence-electron chi connectivity index (χ1n) is 6.70. The minimum Gasteiger partial charge on any atom is -0.288 e. The number of hydrogen-bond donors (Lipinski definition) is 1. The van der Waals surface area contributed by atoms with Gasteiger partial charge in [0.15, 0.2) is 10.2 Å². The molecule has 0 aliphatic heterocycles. The molecule has 0 bridgehead atoms. The molecule has 0 unspecified atom stereocenters. The van der Waals surface area contributed by atoms with Gasteiger partial charge in [-0.25, -0.2) is 18.1 Å². The number of pyridine rings is 1. The fourth-order valence-electron chi connectivity index (χ4n) is 2.70. The highest BCUT2D eigenvalue weighted by Crippen LogP contribution is 2.26. The fraction of sp³-hybridized carbons (Fsp3) is 0.462. The van der Waals surface area contributed by atoms with Gasteiger partial charge in [0.25, 0.3) is 10.0 Å². The highest BCUT2D eigenvalue weighted by atomic mass is 35.5. The molecular formula is C13H16ClN3O2S. The summed E-state index contributed by atoms with van der Waals surface area (Å²) in [5, 5.41) is 0.0304. The van der Waals surface area contributed by atoms with Crippen molar-refractivity contribution in [3.05, 3.63) is 29.5 Å². The van der Waals surface area contributed by atoms with E-state index in [0.717, 1.165) is 12.8 Å². The van der Waals surface area contributed by atoms with Gasteiger partial charge in [-0.15, -0.1) is 0 Å². The zero-order valence-electron chi connectivity index (χ0n) is 10.9. The van der Waals surface area contributed by atoms with Crippen LogP contribution in [-0.4, -0.2) is 24.3 Å². The zero-order valence-corrected chi connectivity index (χ0v) is 12.5. The molecule has 3 rings (SSSR count). The Morgan fingerprint density at radius 1 is 1.35 bits per heavy atom. The lowest BCUT2D eigenvalue weighted by atomic mass is 10.1. The number of hydrogen-bond acceptors (Lipinski definition) is 3. The molecule has 1 aliphatic rings. The van der Waals surface area contributed by atoms with Crippen molar-refractivity contribution in [1.82, 2.24) is 14.1 Å². The van der Waals surface area contributed by atoms with Crippen molar-refractivity contribution in [3.63, 3.8) is 0 Å². The average Bonchev–Trinajstić information content (AvgIpc) is 3.02. The molecule has 1 aliphatic carbocycles. The van der Waals surface area contributed by atoms with Crippen molar-refractivity contribution in [2.75, 3.05) is 6.54 Å². The number of rotatable bonds is 4. The molecule has 0 amide bonds. The Kier molecular flexibility index (Phi) is 3.70. The van der Waals surface area contributed by atoms with Crippen molar-refractivity contribution in [1.29, 1.82) is 0 Å². The average molecular weight is 314 g/mol. The maximum absolute atomic E-state index is 12.4. The van der Waals surface area contributed by atoms with E-state index in [2.05, 4.69) is 9.71 Å². The molecule has 2 heterocycles. The van der Waals surface area contributed by atoms with Crippen LogP contribution in [0.2, 0.25) is 5.15 Å². The summed E-state index contributed by atoms with van der Waals surface area (Å²) in [7, 11) is -3.64. The molecule has 20 heavy (non-hydrogen) atoms. The van der Waals surface area contributed by atoms with Gasteiger partial charge in [0.05, 0.1) is 0 Å². The summed E-state index contributed by atoms with van der Waals surface area (Å²) < 4.78 is 29.0. The Morgan fingerprint density at radius 2 is 2.10 bits per heavy atom. The molecule has 0 radical (unpaired) electrons. The number of sulfonamides is 1. The molecule has 7 heteroatoms. The summed E-state index contributed by atoms with van der Waals surface area (Å²) in [5.74, 6) is 0.433. The standard InChI is InChI=1S/C13H16ClN3O2S/c14-12-13(17-8-4-3-7-11(17)16-12)20(18,19)15-9-10-5-1-2-6-10/h3-4,7-8,10,15H,1-2,5-6,9H2. The smallest absolute Gasteiger partial charge is 0.259 e. The van der Waals surface area contributed by atoms with Gasteiger partial charge in [-0.2, -0.15) is 0 Å². The van der Waals surface area contributed by atoms with Crippen LogP contribution in [0.3, 0.4) is 0 Å². The number of fused-ring (bicyclic) bond motifs is 1. The van der Waals surface area contributed by atoms with Gasteiger partial charge in [-0.05, 0) is 30.9 Å². The second-order valence-electron chi connectivity index (χ2n) is 5.14. The van der Waals surface area contributed by atoms with E-state index < -0.39 is 10.0 Å². The fourth-order valence-corrected chi connectivity index (χ4v) is 4.45. The Balaban J connectivity index is 1.90. The third kappa shape index (κ3) is 2.55. The summed E-state index contributed by atoms with van der Waals surface area (Å²) in [5.41, 5.74) is 0.527. The maximum Gasteiger partial charge on any atom is 0.259 e. The van der Waals surface area contributed by atoms with Gasteiger partial charge in [-0.3, -0.25) is 4.40 Å². The SMILES string of the molecule is O=S(=O)(NCC1CCCC1)c1c(Cl)nc2ccccn12. The van der Waals surface area contributed by atoms with Crippen LogP contribution in [0.25, 0.3) is 5.65 Å². The van der Waals surface area contributed by atoms with Gasteiger partial charge in [-0.1, -0.05) is 30.5 Å². The summed E-state index contributed by atoms with van der Waals surface area (Å²) in [4.78, 5) is 4.07. The van der Waals surface area contributed by atoms with E-state index in [1.54, 1.807) is 24.4 Å². The second-order valence-corrected chi connectivity index (χ2v) is 7.18. The van der Waals surface area contributed by atoms with Crippen molar-refractivity contribution < 1.29 is 8.42 Å². The topological polar surface area (TPSA) is 63.5 Å². The summed E-state index contributed by atoms with van der Waals surface area (Å²) in [6, 6.07) is 5.27. The normalized spacial score (nSPS) is 17.1. The maximum atomic E-state index is 12.4. The number of imidazole rings is 1. The van der Waals surface area contributed by atoms with E-state index in [1.807, 2.05) is 0 Å². The van der Waals surface area contributed by atoms with Gasteiger partial charge >= 0.3 is 0 Å². The second kappa shape index (κ2) is 5.35. The lowest BCUT2D eigenvalue weighted by Crippen LogP contribution is -2.29. The van der Waals surface area contributed by atoms with Crippen LogP contribution in [0.5, 0.6) is 0 Å². The lowest BCUT2D eigenvalue weighted by Gasteiger charge is -2.11. The Hall–Kier alpha value is -1.11. The largest absolute Gasteiger partial charge is 0.288 e. The van der Waals surface area contributed by atoms with E-state index in [4.69, 9.17) is 11.6 Å². The minimum absolute atomic E-state index is 0.00937. The Labute approximate surface area is 123 Å². The third-order valence-corrected chi connectivity index (χ3v) is 5.56. The highest BCUT2D eigenvalue weighted by Gasteiger charge is 2.25. The molecule has 2 aromatic heterocycles. The predicted molar refractivity (Wildman–Crippen MR) is 77.3 cm³/mol. The minimum atomic E-state index is -3.64. The van der Waals surface area contributed by atoms with Crippen LogP contribution in [0.15, 0.2) is 29.4 Å². The molecule has 108 valence electrons. The van der Waals surface area contributed by atoms with E-state index in [0.29, 0.717) is 18.1 Å². The monoisotopic (exact) mass is 313 g/mol. The quantitative estimate of drug-likeness (QED) is 0.943. The third-order valence-electron chi connectivity index (χ3n) is 3.74. The highest BCUT2D eigenvalue weighted by molar-refractivity contribution is 7.89. The van der Waals surface area contributed by atoms with Crippen molar-refractivity contribution in [3.8, 4) is 0 Å². The van der Waals surface area contributed by atoms with Crippen LogP contribution >= 0.6 is 11.6 Å². The van der Waals surface area contributed by atoms with Crippen LogP contribution in [0, 0.1) is 5.92 Å². The summed E-state index contributed by atoms with van der Waals surface area (Å²) >= 11 is 6.00. The van der Waals surface area contributed by atoms with Gasteiger partial charge in [0.1, 0.15) is 5.65 Å². The molecule has 0 aromatic carbocycles. The first-order valence-corrected chi connectivity index (χ1v) is 8.56. The van der Waals surface area contributed by atoms with E-state index >= 15 is 0 Å². The number of aromatic nitrogens is 2. The number of nitrogens with zero attached hydrogens (tertiary/aromatic N) is 2.